The van der Waals surface area contributed by atoms with Crippen LogP contribution < -0.4 is 5.32 Å². The third-order valence-electron chi connectivity index (χ3n) is 3.81. The first-order valence-electron chi connectivity index (χ1n) is 6.86. The van der Waals surface area contributed by atoms with Crippen molar-refractivity contribution in [2.75, 3.05) is 20.1 Å². The lowest BCUT2D eigenvalue weighted by Gasteiger charge is -2.22. The molecule has 0 radical (unpaired) electrons. The van der Waals surface area contributed by atoms with Gasteiger partial charge in [-0.3, -0.25) is 0 Å². The van der Waals surface area contributed by atoms with E-state index in [0.717, 1.165) is 18.5 Å². The maximum absolute atomic E-state index is 13.7. The first-order valence-corrected chi connectivity index (χ1v) is 6.86. The van der Waals surface area contributed by atoms with Gasteiger partial charge in [0.25, 0.3) is 0 Å². The van der Waals surface area contributed by atoms with Gasteiger partial charge in [-0.1, -0.05) is 18.2 Å². The maximum Gasteiger partial charge on any atom is 0.127 e. The first-order chi connectivity index (χ1) is 8.66. The summed E-state index contributed by atoms with van der Waals surface area (Å²) in [6.45, 7) is 4.35. The topological polar surface area (TPSA) is 15.3 Å². The van der Waals surface area contributed by atoms with Gasteiger partial charge >= 0.3 is 0 Å². The minimum absolute atomic E-state index is 0.0830. The summed E-state index contributed by atoms with van der Waals surface area (Å²) in [4.78, 5) is 2.37. The summed E-state index contributed by atoms with van der Waals surface area (Å²) in [6.07, 6.45) is 3.55. The van der Waals surface area contributed by atoms with Crippen LogP contribution in [-0.4, -0.2) is 31.1 Å². The summed E-state index contributed by atoms with van der Waals surface area (Å²) in [5.41, 5.74) is 0.773. The van der Waals surface area contributed by atoms with Crippen LogP contribution in [0.1, 0.15) is 37.8 Å². The number of hydrogen-bond donors (Lipinski definition) is 1. The Balaban J connectivity index is 1.94. The van der Waals surface area contributed by atoms with Gasteiger partial charge in [-0.05, 0) is 52.4 Å². The normalized spacial score (nSPS) is 23.6. The SMILES string of the molecule is C[C@@H](NC1CCCN(C)CC1)c1ccccc1F. The molecule has 1 heterocycles. The summed E-state index contributed by atoms with van der Waals surface area (Å²) in [5, 5.41) is 3.57. The quantitative estimate of drug-likeness (QED) is 0.887. The van der Waals surface area contributed by atoms with Crippen molar-refractivity contribution in [3.05, 3.63) is 35.6 Å². The number of hydrogen-bond acceptors (Lipinski definition) is 2. The van der Waals surface area contributed by atoms with E-state index in [9.17, 15) is 4.39 Å². The van der Waals surface area contributed by atoms with Crippen LogP contribution >= 0.6 is 0 Å². The minimum atomic E-state index is -0.108. The molecule has 2 nitrogen and oxygen atoms in total. The van der Waals surface area contributed by atoms with E-state index >= 15 is 0 Å². The predicted octanol–water partition coefficient (Wildman–Crippen LogP) is 2.96. The van der Waals surface area contributed by atoms with Crippen molar-refractivity contribution in [2.24, 2.45) is 0 Å². The van der Waals surface area contributed by atoms with Crippen LogP contribution in [0.4, 0.5) is 4.39 Å². The van der Waals surface area contributed by atoms with E-state index in [2.05, 4.69) is 17.3 Å². The van der Waals surface area contributed by atoms with Crippen molar-refractivity contribution in [2.45, 2.75) is 38.3 Å². The van der Waals surface area contributed by atoms with Crippen molar-refractivity contribution in [1.82, 2.24) is 10.2 Å². The summed E-state index contributed by atoms with van der Waals surface area (Å²) in [5.74, 6) is -0.108. The number of likely N-dealkylation sites (tertiary alicyclic amines) is 1. The molecule has 0 aliphatic carbocycles. The molecule has 1 aliphatic rings. The second-order valence-corrected chi connectivity index (χ2v) is 5.34. The lowest BCUT2D eigenvalue weighted by molar-refractivity contribution is 0.339. The standard InChI is InChI=1S/C15H23FN2/c1-12(14-7-3-4-8-15(14)16)17-13-6-5-10-18(2)11-9-13/h3-4,7-8,12-13,17H,5-6,9-11H2,1-2H3/t12-,13?/m1/s1. The molecule has 1 aromatic carbocycles. The molecule has 0 spiro atoms. The lowest BCUT2D eigenvalue weighted by atomic mass is 10.0. The largest absolute Gasteiger partial charge is 0.307 e. The molecule has 0 amide bonds. The Morgan fingerprint density at radius 2 is 2.06 bits per heavy atom. The van der Waals surface area contributed by atoms with Gasteiger partial charge in [0, 0.05) is 17.6 Å². The average Bonchev–Trinajstić information content (AvgIpc) is 2.55. The Kier molecular flexibility index (Phi) is 4.72. The van der Waals surface area contributed by atoms with Crippen molar-refractivity contribution >= 4 is 0 Å². The highest BCUT2D eigenvalue weighted by Crippen LogP contribution is 2.19. The fourth-order valence-electron chi connectivity index (χ4n) is 2.68. The third kappa shape index (κ3) is 3.53. The number of nitrogens with one attached hydrogen (secondary N) is 1. The molecule has 2 rings (SSSR count). The fourth-order valence-corrected chi connectivity index (χ4v) is 2.68. The van der Waals surface area contributed by atoms with Crippen LogP contribution in [0.5, 0.6) is 0 Å². The molecule has 1 N–H and O–H groups in total. The van der Waals surface area contributed by atoms with Crippen molar-refractivity contribution in [3.8, 4) is 0 Å². The van der Waals surface area contributed by atoms with Crippen LogP contribution in [0.3, 0.4) is 0 Å². The Bertz CT molecular complexity index is 381. The third-order valence-corrected chi connectivity index (χ3v) is 3.81. The first kappa shape index (κ1) is 13.5. The minimum Gasteiger partial charge on any atom is -0.307 e. The molecule has 1 aliphatic heterocycles. The van der Waals surface area contributed by atoms with Gasteiger partial charge in [-0.15, -0.1) is 0 Å². The van der Waals surface area contributed by atoms with Gasteiger partial charge in [0.1, 0.15) is 5.82 Å². The molecule has 0 aromatic heterocycles. The van der Waals surface area contributed by atoms with Gasteiger partial charge in [-0.25, -0.2) is 4.39 Å². The average molecular weight is 250 g/mol. The zero-order chi connectivity index (χ0) is 13.0. The summed E-state index contributed by atoms with van der Waals surface area (Å²) in [7, 11) is 2.17. The molecule has 0 saturated carbocycles. The van der Waals surface area contributed by atoms with Gasteiger partial charge in [0.05, 0.1) is 0 Å². The highest BCUT2D eigenvalue weighted by Gasteiger charge is 2.18. The van der Waals surface area contributed by atoms with E-state index in [1.807, 2.05) is 19.1 Å². The van der Waals surface area contributed by atoms with Crippen molar-refractivity contribution < 1.29 is 4.39 Å². The number of benzene rings is 1. The Hall–Kier alpha value is -0.930. The summed E-state index contributed by atoms with van der Waals surface area (Å²) < 4.78 is 13.7. The Labute approximate surface area is 109 Å². The van der Waals surface area contributed by atoms with Crippen LogP contribution in [-0.2, 0) is 0 Å². The van der Waals surface area contributed by atoms with Gasteiger partial charge < -0.3 is 10.2 Å². The molecule has 1 aromatic rings. The van der Waals surface area contributed by atoms with Crippen LogP contribution in [0, 0.1) is 5.82 Å². The molecular weight excluding hydrogens is 227 g/mol. The Morgan fingerprint density at radius 3 is 2.83 bits per heavy atom. The molecule has 1 saturated heterocycles. The van der Waals surface area contributed by atoms with Crippen molar-refractivity contribution in [1.29, 1.82) is 0 Å². The van der Waals surface area contributed by atoms with E-state index in [1.54, 1.807) is 6.07 Å². The number of rotatable bonds is 3. The second-order valence-electron chi connectivity index (χ2n) is 5.34. The maximum atomic E-state index is 13.7. The predicted molar refractivity (Wildman–Crippen MR) is 73.1 cm³/mol. The smallest absolute Gasteiger partial charge is 0.127 e. The zero-order valence-corrected chi connectivity index (χ0v) is 11.3. The summed E-state index contributed by atoms with van der Waals surface area (Å²) in [6, 6.07) is 7.64. The number of halogens is 1. The highest BCUT2D eigenvalue weighted by molar-refractivity contribution is 5.20. The van der Waals surface area contributed by atoms with Crippen molar-refractivity contribution in [3.63, 3.8) is 0 Å². The van der Waals surface area contributed by atoms with Crippen LogP contribution in [0.2, 0.25) is 0 Å². The molecule has 3 heteroatoms. The molecule has 0 bridgehead atoms. The van der Waals surface area contributed by atoms with E-state index in [4.69, 9.17) is 0 Å². The molecule has 100 valence electrons. The second kappa shape index (κ2) is 6.30. The molecular formula is C15H23FN2. The zero-order valence-electron chi connectivity index (χ0n) is 11.3. The van der Waals surface area contributed by atoms with Gasteiger partial charge in [-0.2, -0.15) is 0 Å². The highest BCUT2D eigenvalue weighted by atomic mass is 19.1. The Morgan fingerprint density at radius 1 is 1.28 bits per heavy atom. The molecule has 1 unspecified atom stereocenters. The molecule has 2 atom stereocenters. The van der Waals surface area contributed by atoms with Crippen LogP contribution in [0.15, 0.2) is 24.3 Å². The molecule has 1 fully saturated rings. The fraction of sp³-hybridized carbons (Fsp3) is 0.600. The van der Waals surface area contributed by atoms with E-state index in [0.29, 0.717) is 6.04 Å². The summed E-state index contributed by atoms with van der Waals surface area (Å²) >= 11 is 0. The number of nitrogens with zero attached hydrogens (tertiary/aromatic N) is 1. The monoisotopic (exact) mass is 250 g/mol. The molecule has 18 heavy (non-hydrogen) atoms. The van der Waals surface area contributed by atoms with Gasteiger partial charge in [0.2, 0.25) is 0 Å². The lowest BCUT2D eigenvalue weighted by Crippen LogP contribution is -2.32. The van der Waals surface area contributed by atoms with E-state index in [-0.39, 0.29) is 11.9 Å². The van der Waals surface area contributed by atoms with E-state index < -0.39 is 0 Å². The van der Waals surface area contributed by atoms with Crippen LogP contribution in [0.25, 0.3) is 0 Å². The van der Waals surface area contributed by atoms with Gasteiger partial charge in [0.15, 0.2) is 0 Å². The van der Waals surface area contributed by atoms with E-state index in [1.165, 1.54) is 25.5 Å².